The van der Waals surface area contributed by atoms with Crippen molar-refractivity contribution in [1.29, 1.82) is 5.26 Å². The second kappa shape index (κ2) is 5.40. The van der Waals surface area contributed by atoms with Crippen LogP contribution in [0.4, 0.5) is 5.69 Å². The maximum absolute atomic E-state index is 11.0. The van der Waals surface area contributed by atoms with Crippen LogP contribution in [-0.2, 0) is 11.2 Å². The number of hydrogen-bond donors (Lipinski definition) is 1. The molecule has 1 amide bonds. The van der Waals surface area contributed by atoms with Crippen LogP contribution in [0.2, 0.25) is 0 Å². The van der Waals surface area contributed by atoms with Gasteiger partial charge in [-0.3, -0.25) is 4.79 Å². The average Bonchev–Trinajstić information content (AvgIpc) is 2.21. The molecule has 1 aromatic rings. The first-order valence-corrected chi connectivity index (χ1v) is 5.20. The number of amides is 1. The monoisotopic (exact) mass is 252 g/mol. The van der Waals surface area contributed by atoms with Crippen molar-refractivity contribution >= 4 is 27.5 Å². The number of alkyl halides is 1. The Morgan fingerprint density at radius 3 is 2.57 bits per heavy atom. The van der Waals surface area contributed by atoms with Crippen LogP contribution in [-0.4, -0.2) is 11.2 Å². The summed E-state index contributed by atoms with van der Waals surface area (Å²) in [5.74, 6) is -0.0852. The molecule has 72 valence electrons. The molecule has 1 aromatic carbocycles. The maximum Gasteiger partial charge on any atom is 0.235 e. The first kappa shape index (κ1) is 10.7. The van der Waals surface area contributed by atoms with Crippen molar-refractivity contribution in [2.75, 3.05) is 10.6 Å². The van der Waals surface area contributed by atoms with E-state index in [2.05, 4.69) is 27.3 Å². The summed E-state index contributed by atoms with van der Waals surface area (Å²) in [7, 11) is 0. The first-order valence-electron chi connectivity index (χ1n) is 4.08. The van der Waals surface area contributed by atoms with Crippen molar-refractivity contribution in [3.8, 4) is 6.07 Å². The largest absolute Gasteiger partial charge is 0.325 e. The van der Waals surface area contributed by atoms with E-state index in [0.29, 0.717) is 6.42 Å². The second-order valence-corrected chi connectivity index (χ2v) is 3.27. The highest BCUT2D eigenvalue weighted by Gasteiger charge is 1.98. The molecule has 3 nitrogen and oxygen atoms in total. The Morgan fingerprint density at radius 1 is 1.43 bits per heavy atom. The summed E-state index contributed by atoms with van der Waals surface area (Å²) in [6, 6.07) is 9.28. The highest BCUT2D eigenvalue weighted by atomic mass is 79.9. The van der Waals surface area contributed by atoms with E-state index in [1.807, 2.05) is 12.1 Å². The van der Waals surface area contributed by atoms with Gasteiger partial charge in [0.2, 0.25) is 5.91 Å². The number of halogens is 1. The van der Waals surface area contributed by atoms with E-state index in [9.17, 15) is 4.79 Å². The van der Waals surface area contributed by atoms with Crippen molar-refractivity contribution in [2.24, 2.45) is 0 Å². The van der Waals surface area contributed by atoms with Crippen LogP contribution in [0.3, 0.4) is 0 Å². The predicted molar refractivity (Wildman–Crippen MR) is 58.2 cm³/mol. The minimum atomic E-state index is -0.0852. The minimum absolute atomic E-state index is 0.0852. The molecule has 0 aliphatic rings. The van der Waals surface area contributed by atoms with Gasteiger partial charge in [0.1, 0.15) is 0 Å². The van der Waals surface area contributed by atoms with Crippen molar-refractivity contribution in [1.82, 2.24) is 0 Å². The number of carbonyl (C=O) groups is 1. The van der Waals surface area contributed by atoms with Crippen molar-refractivity contribution < 1.29 is 4.79 Å². The van der Waals surface area contributed by atoms with Crippen LogP contribution in [0.25, 0.3) is 0 Å². The molecule has 0 aromatic heterocycles. The van der Waals surface area contributed by atoms with E-state index in [4.69, 9.17) is 5.26 Å². The quantitative estimate of drug-likeness (QED) is 0.838. The lowest BCUT2D eigenvalue weighted by Crippen LogP contribution is -2.12. The summed E-state index contributed by atoms with van der Waals surface area (Å²) >= 11 is 3.06. The summed E-state index contributed by atoms with van der Waals surface area (Å²) < 4.78 is 0. The molecular formula is C10H9BrN2O. The van der Waals surface area contributed by atoms with E-state index in [1.54, 1.807) is 12.1 Å². The Kier molecular flexibility index (Phi) is 4.14. The fourth-order valence-corrected chi connectivity index (χ4v) is 1.13. The van der Waals surface area contributed by atoms with Gasteiger partial charge in [-0.2, -0.15) is 5.26 Å². The molecular weight excluding hydrogens is 244 g/mol. The van der Waals surface area contributed by atoms with Gasteiger partial charge in [0.25, 0.3) is 0 Å². The van der Waals surface area contributed by atoms with Crippen molar-refractivity contribution in [2.45, 2.75) is 6.42 Å². The Bertz CT molecular complexity index is 353. The molecule has 0 aliphatic heterocycles. The normalized spacial score (nSPS) is 9.14. The van der Waals surface area contributed by atoms with E-state index in [1.165, 1.54) is 0 Å². The molecule has 0 radical (unpaired) electrons. The molecule has 14 heavy (non-hydrogen) atoms. The molecule has 0 heterocycles. The SMILES string of the molecule is N#CCc1ccc(NC(=O)CBr)cc1. The molecule has 4 heteroatoms. The third-order valence-electron chi connectivity index (χ3n) is 1.64. The number of nitrogens with zero attached hydrogens (tertiary/aromatic N) is 1. The van der Waals surface area contributed by atoms with E-state index < -0.39 is 0 Å². The van der Waals surface area contributed by atoms with E-state index in [-0.39, 0.29) is 11.2 Å². The third-order valence-corrected chi connectivity index (χ3v) is 2.15. The van der Waals surface area contributed by atoms with Gasteiger partial charge in [-0.1, -0.05) is 28.1 Å². The summed E-state index contributed by atoms with van der Waals surface area (Å²) in [4.78, 5) is 11.0. The molecule has 0 spiro atoms. The zero-order valence-corrected chi connectivity index (χ0v) is 9.04. The zero-order chi connectivity index (χ0) is 10.4. The number of anilines is 1. The number of hydrogen-bond acceptors (Lipinski definition) is 2. The van der Waals surface area contributed by atoms with Gasteiger partial charge < -0.3 is 5.32 Å². The number of carbonyl (C=O) groups excluding carboxylic acids is 1. The Morgan fingerprint density at radius 2 is 2.07 bits per heavy atom. The standard InChI is InChI=1S/C10H9BrN2O/c11-7-10(14)13-9-3-1-8(2-4-9)5-6-12/h1-4H,5,7H2,(H,13,14). The van der Waals surface area contributed by atoms with Crippen LogP contribution < -0.4 is 5.32 Å². The molecule has 1 N–H and O–H groups in total. The smallest absolute Gasteiger partial charge is 0.235 e. The molecule has 0 bridgehead atoms. The molecule has 0 fully saturated rings. The highest BCUT2D eigenvalue weighted by Crippen LogP contribution is 2.09. The van der Waals surface area contributed by atoms with Gasteiger partial charge in [-0.15, -0.1) is 0 Å². The fraction of sp³-hybridized carbons (Fsp3) is 0.200. The summed E-state index contributed by atoms with van der Waals surface area (Å²) in [6.45, 7) is 0. The second-order valence-electron chi connectivity index (χ2n) is 2.71. The van der Waals surface area contributed by atoms with Crippen LogP contribution in [0, 0.1) is 11.3 Å². The number of nitriles is 1. The van der Waals surface area contributed by atoms with Crippen LogP contribution in [0.1, 0.15) is 5.56 Å². The lowest BCUT2D eigenvalue weighted by molar-refractivity contribution is -0.113. The van der Waals surface area contributed by atoms with Crippen LogP contribution in [0.5, 0.6) is 0 Å². The van der Waals surface area contributed by atoms with Crippen molar-refractivity contribution in [3.05, 3.63) is 29.8 Å². The van der Waals surface area contributed by atoms with Crippen molar-refractivity contribution in [3.63, 3.8) is 0 Å². The average molecular weight is 253 g/mol. The van der Waals surface area contributed by atoms with Gasteiger partial charge in [-0.25, -0.2) is 0 Å². The molecule has 0 saturated heterocycles. The molecule has 1 rings (SSSR count). The topological polar surface area (TPSA) is 52.9 Å². The van der Waals surface area contributed by atoms with E-state index in [0.717, 1.165) is 11.3 Å². The Balaban J connectivity index is 2.65. The van der Waals surface area contributed by atoms with E-state index >= 15 is 0 Å². The summed E-state index contributed by atoms with van der Waals surface area (Å²) in [6.07, 6.45) is 0.396. The maximum atomic E-state index is 11.0. The highest BCUT2D eigenvalue weighted by molar-refractivity contribution is 9.09. The minimum Gasteiger partial charge on any atom is -0.325 e. The number of benzene rings is 1. The van der Waals surface area contributed by atoms with Gasteiger partial charge >= 0.3 is 0 Å². The number of nitrogens with one attached hydrogen (secondary N) is 1. The van der Waals surface area contributed by atoms with Crippen LogP contribution >= 0.6 is 15.9 Å². The van der Waals surface area contributed by atoms with Gasteiger partial charge in [0.15, 0.2) is 0 Å². The van der Waals surface area contributed by atoms with Gasteiger partial charge in [0, 0.05) is 5.69 Å². The zero-order valence-electron chi connectivity index (χ0n) is 7.46. The van der Waals surface area contributed by atoms with Gasteiger partial charge in [-0.05, 0) is 17.7 Å². The molecule has 0 aliphatic carbocycles. The lowest BCUT2D eigenvalue weighted by Gasteiger charge is -2.02. The molecule has 0 unspecified atom stereocenters. The first-order chi connectivity index (χ1) is 6.76. The molecule has 0 saturated carbocycles. The fourth-order valence-electron chi connectivity index (χ4n) is 0.992. The summed E-state index contributed by atoms with van der Waals surface area (Å²) in [5.41, 5.74) is 1.69. The lowest BCUT2D eigenvalue weighted by atomic mass is 10.1. The number of rotatable bonds is 3. The Labute approximate surface area is 90.9 Å². The Hall–Kier alpha value is -1.34. The van der Waals surface area contributed by atoms with Gasteiger partial charge in [0.05, 0.1) is 17.8 Å². The molecule has 0 atom stereocenters. The van der Waals surface area contributed by atoms with Crippen LogP contribution in [0.15, 0.2) is 24.3 Å². The third kappa shape index (κ3) is 3.19. The predicted octanol–water partition coefficient (Wildman–Crippen LogP) is 2.09. The summed E-state index contributed by atoms with van der Waals surface area (Å²) in [5, 5.41) is 11.4.